The highest BCUT2D eigenvalue weighted by molar-refractivity contribution is 5.66. The number of rotatable bonds is 4. The molecule has 1 aliphatic rings. The van der Waals surface area contributed by atoms with Gasteiger partial charge in [-0.1, -0.05) is 17.7 Å². The third-order valence-electron chi connectivity index (χ3n) is 4.00. The number of nitrogen functional groups attached to an aromatic ring is 1. The average Bonchev–Trinajstić information content (AvgIpc) is 3.26. The Morgan fingerprint density at radius 3 is 2.62 bits per heavy atom. The Balaban J connectivity index is 1.96. The van der Waals surface area contributed by atoms with E-state index >= 15 is 0 Å². The molecule has 1 aliphatic carbocycles. The number of nitrogens with zero attached hydrogens (tertiary/aromatic N) is 3. The van der Waals surface area contributed by atoms with E-state index < -0.39 is 0 Å². The van der Waals surface area contributed by atoms with Gasteiger partial charge in [0.1, 0.15) is 17.5 Å². The molecule has 3 rings (SSSR count). The molecular formula is C16H19N5. The van der Waals surface area contributed by atoms with Gasteiger partial charge in [0.2, 0.25) is 0 Å². The van der Waals surface area contributed by atoms with Crippen molar-refractivity contribution in [1.29, 1.82) is 5.26 Å². The van der Waals surface area contributed by atoms with E-state index in [0.29, 0.717) is 29.2 Å². The van der Waals surface area contributed by atoms with Crippen LogP contribution in [-0.4, -0.2) is 15.8 Å². The maximum atomic E-state index is 9.35. The molecule has 0 radical (unpaired) electrons. The number of hydrogen-bond acceptors (Lipinski definition) is 4. The predicted molar refractivity (Wildman–Crippen MR) is 83.2 cm³/mol. The molecule has 1 saturated carbocycles. The van der Waals surface area contributed by atoms with Gasteiger partial charge in [-0.05, 0) is 44.7 Å². The lowest BCUT2D eigenvalue weighted by Gasteiger charge is -2.11. The van der Waals surface area contributed by atoms with E-state index in [1.807, 2.05) is 31.2 Å². The molecule has 5 heteroatoms. The molecule has 1 atom stereocenters. The molecule has 3 N–H and O–H groups in total. The Morgan fingerprint density at radius 1 is 1.38 bits per heavy atom. The zero-order valence-electron chi connectivity index (χ0n) is 12.3. The number of hydrogen-bond donors (Lipinski definition) is 2. The van der Waals surface area contributed by atoms with Crippen molar-refractivity contribution in [1.82, 2.24) is 9.78 Å². The fraction of sp³-hybridized carbons (Fsp3) is 0.375. The summed E-state index contributed by atoms with van der Waals surface area (Å²) < 4.78 is 1.62. The SMILES string of the molecule is Cc1ccc(-n2nc(NC(C)C3CC3)c(C#N)c2N)cc1. The predicted octanol–water partition coefficient (Wildman–Crippen LogP) is 2.85. The summed E-state index contributed by atoms with van der Waals surface area (Å²) in [5, 5.41) is 17.2. The third kappa shape index (κ3) is 2.57. The lowest BCUT2D eigenvalue weighted by molar-refractivity contribution is 0.687. The number of nitrogens with two attached hydrogens (primary N) is 1. The number of anilines is 2. The molecule has 0 amide bonds. The first kappa shape index (κ1) is 13.5. The standard InChI is InChI=1S/C16H19N5/c1-10-3-7-13(8-4-10)21-15(18)14(9-17)16(20-21)19-11(2)12-5-6-12/h3-4,7-8,11-12H,5-6,18H2,1-2H3,(H,19,20). The lowest BCUT2D eigenvalue weighted by Crippen LogP contribution is -2.18. The minimum atomic E-state index is 0.317. The van der Waals surface area contributed by atoms with Crippen molar-refractivity contribution >= 4 is 11.6 Å². The Kier molecular flexibility index (Phi) is 3.30. The van der Waals surface area contributed by atoms with E-state index in [0.717, 1.165) is 5.69 Å². The Morgan fingerprint density at radius 2 is 2.05 bits per heavy atom. The van der Waals surface area contributed by atoms with Crippen molar-refractivity contribution in [2.75, 3.05) is 11.1 Å². The van der Waals surface area contributed by atoms with Crippen LogP contribution in [0.2, 0.25) is 0 Å². The molecule has 108 valence electrons. The molecule has 5 nitrogen and oxygen atoms in total. The summed E-state index contributed by atoms with van der Waals surface area (Å²) in [4.78, 5) is 0. The van der Waals surface area contributed by atoms with Crippen LogP contribution in [0.5, 0.6) is 0 Å². The molecule has 0 saturated heterocycles. The number of aromatic nitrogens is 2. The summed E-state index contributed by atoms with van der Waals surface area (Å²) in [6.07, 6.45) is 2.48. The summed E-state index contributed by atoms with van der Waals surface area (Å²) in [6.45, 7) is 4.15. The fourth-order valence-electron chi connectivity index (χ4n) is 2.45. The molecule has 0 bridgehead atoms. The van der Waals surface area contributed by atoms with Gasteiger partial charge in [0.25, 0.3) is 0 Å². The Labute approximate surface area is 124 Å². The van der Waals surface area contributed by atoms with E-state index in [-0.39, 0.29) is 0 Å². The second-order valence-corrected chi connectivity index (χ2v) is 5.74. The second kappa shape index (κ2) is 5.13. The molecule has 1 heterocycles. The van der Waals surface area contributed by atoms with E-state index in [9.17, 15) is 5.26 Å². The first-order valence-electron chi connectivity index (χ1n) is 7.22. The minimum Gasteiger partial charge on any atom is -0.382 e. The van der Waals surface area contributed by atoms with Crippen LogP contribution in [0.4, 0.5) is 11.6 Å². The van der Waals surface area contributed by atoms with Gasteiger partial charge < -0.3 is 11.1 Å². The van der Waals surface area contributed by atoms with Crippen molar-refractivity contribution in [2.24, 2.45) is 5.92 Å². The zero-order valence-corrected chi connectivity index (χ0v) is 12.3. The van der Waals surface area contributed by atoms with Crippen LogP contribution in [0.1, 0.15) is 30.9 Å². The monoisotopic (exact) mass is 281 g/mol. The van der Waals surface area contributed by atoms with Crippen LogP contribution in [0, 0.1) is 24.2 Å². The summed E-state index contributed by atoms with van der Waals surface area (Å²) in [7, 11) is 0. The van der Waals surface area contributed by atoms with Crippen LogP contribution in [0.25, 0.3) is 5.69 Å². The van der Waals surface area contributed by atoms with Gasteiger partial charge in [-0.15, -0.1) is 5.10 Å². The van der Waals surface area contributed by atoms with Crippen LogP contribution < -0.4 is 11.1 Å². The van der Waals surface area contributed by atoms with Crippen molar-refractivity contribution in [2.45, 2.75) is 32.7 Å². The number of nitriles is 1. The fourth-order valence-corrected chi connectivity index (χ4v) is 2.45. The van der Waals surface area contributed by atoms with Gasteiger partial charge in [-0.25, -0.2) is 4.68 Å². The quantitative estimate of drug-likeness (QED) is 0.903. The van der Waals surface area contributed by atoms with Crippen LogP contribution in [0.3, 0.4) is 0 Å². The molecule has 21 heavy (non-hydrogen) atoms. The third-order valence-corrected chi connectivity index (χ3v) is 4.00. The molecule has 2 aromatic rings. The number of benzene rings is 1. The molecule has 0 aliphatic heterocycles. The first-order valence-corrected chi connectivity index (χ1v) is 7.22. The van der Waals surface area contributed by atoms with E-state index in [1.54, 1.807) is 4.68 Å². The Bertz CT molecular complexity index is 689. The summed E-state index contributed by atoms with van der Waals surface area (Å²) >= 11 is 0. The van der Waals surface area contributed by atoms with Crippen LogP contribution in [-0.2, 0) is 0 Å². The second-order valence-electron chi connectivity index (χ2n) is 5.74. The van der Waals surface area contributed by atoms with Crippen molar-refractivity contribution < 1.29 is 0 Å². The first-order chi connectivity index (χ1) is 10.1. The normalized spacial score (nSPS) is 15.5. The highest BCUT2D eigenvalue weighted by Crippen LogP contribution is 2.35. The van der Waals surface area contributed by atoms with Gasteiger partial charge in [0.15, 0.2) is 5.82 Å². The largest absolute Gasteiger partial charge is 0.382 e. The van der Waals surface area contributed by atoms with Gasteiger partial charge in [-0.2, -0.15) is 5.26 Å². The van der Waals surface area contributed by atoms with E-state index in [1.165, 1.54) is 18.4 Å². The van der Waals surface area contributed by atoms with E-state index in [4.69, 9.17) is 5.73 Å². The van der Waals surface area contributed by atoms with Crippen molar-refractivity contribution in [3.05, 3.63) is 35.4 Å². The number of nitrogens with one attached hydrogen (secondary N) is 1. The molecule has 1 fully saturated rings. The summed E-state index contributed by atoms with van der Waals surface area (Å²) in [5.74, 6) is 1.64. The summed E-state index contributed by atoms with van der Waals surface area (Å²) in [5.41, 5.74) is 8.54. The smallest absolute Gasteiger partial charge is 0.168 e. The van der Waals surface area contributed by atoms with Crippen molar-refractivity contribution in [3.63, 3.8) is 0 Å². The average molecular weight is 281 g/mol. The highest BCUT2D eigenvalue weighted by Gasteiger charge is 2.29. The minimum absolute atomic E-state index is 0.317. The van der Waals surface area contributed by atoms with Gasteiger partial charge >= 0.3 is 0 Å². The lowest BCUT2D eigenvalue weighted by atomic mass is 10.2. The molecule has 1 aromatic carbocycles. The van der Waals surface area contributed by atoms with E-state index in [2.05, 4.69) is 23.4 Å². The molecule has 0 spiro atoms. The number of aryl methyl sites for hydroxylation is 1. The summed E-state index contributed by atoms with van der Waals surface area (Å²) in [6, 6.07) is 10.4. The van der Waals surface area contributed by atoms with Gasteiger partial charge in [-0.3, -0.25) is 0 Å². The van der Waals surface area contributed by atoms with Gasteiger partial charge in [0.05, 0.1) is 5.69 Å². The maximum Gasteiger partial charge on any atom is 0.168 e. The maximum absolute atomic E-state index is 9.35. The Hall–Kier alpha value is -2.48. The van der Waals surface area contributed by atoms with Crippen molar-refractivity contribution in [3.8, 4) is 11.8 Å². The van der Waals surface area contributed by atoms with Gasteiger partial charge in [0, 0.05) is 6.04 Å². The van der Waals surface area contributed by atoms with Crippen LogP contribution in [0.15, 0.2) is 24.3 Å². The molecule has 1 unspecified atom stereocenters. The highest BCUT2D eigenvalue weighted by atomic mass is 15.4. The zero-order chi connectivity index (χ0) is 15.0. The molecular weight excluding hydrogens is 262 g/mol. The topological polar surface area (TPSA) is 79.7 Å². The molecule has 1 aromatic heterocycles. The van der Waals surface area contributed by atoms with Crippen LogP contribution >= 0.6 is 0 Å².